The number of carboxylic acid groups (broad SMARTS) is 1. The molecule has 1 N–H and O–H groups in total. The van der Waals surface area contributed by atoms with Crippen LogP contribution in [0.25, 0.3) is 22.3 Å². The lowest BCUT2D eigenvalue weighted by molar-refractivity contribution is 0.0696. The predicted octanol–water partition coefficient (Wildman–Crippen LogP) is 5.73. The van der Waals surface area contributed by atoms with E-state index in [1.807, 2.05) is 37.3 Å². The number of nitrogens with zero attached hydrogens (tertiary/aromatic N) is 2. The summed E-state index contributed by atoms with van der Waals surface area (Å²) in [4.78, 5) is 16.9. The van der Waals surface area contributed by atoms with Gasteiger partial charge >= 0.3 is 5.97 Å². The molecule has 4 aromatic rings. The fourth-order valence-corrected chi connectivity index (χ4v) is 6.50. The fourth-order valence-electron chi connectivity index (χ4n) is 4.21. The van der Waals surface area contributed by atoms with Crippen LogP contribution in [0.4, 0.5) is 0 Å². The van der Waals surface area contributed by atoms with Gasteiger partial charge in [0.05, 0.1) is 16.2 Å². The van der Waals surface area contributed by atoms with Crippen molar-refractivity contribution in [1.29, 1.82) is 0 Å². The van der Waals surface area contributed by atoms with Crippen molar-refractivity contribution >= 4 is 27.3 Å². The van der Waals surface area contributed by atoms with Crippen LogP contribution in [0.2, 0.25) is 0 Å². The summed E-state index contributed by atoms with van der Waals surface area (Å²) in [5.41, 5.74) is 4.79. The molecule has 172 valence electrons. The summed E-state index contributed by atoms with van der Waals surface area (Å²) in [5, 5.41) is 9.46. The third-order valence-corrected chi connectivity index (χ3v) is 8.52. The summed E-state index contributed by atoms with van der Waals surface area (Å²) in [6, 6.07) is 14.0. The zero-order valence-electron chi connectivity index (χ0n) is 18.4. The van der Waals surface area contributed by atoms with Gasteiger partial charge in [0.1, 0.15) is 0 Å². The second-order valence-electron chi connectivity index (χ2n) is 8.50. The van der Waals surface area contributed by atoms with E-state index >= 15 is 0 Å². The third kappa shape index (κ3) is 4.38. The molecule has 1 fully saturated rings. The molecule has 0 aliphatic heterocycles. The maximum atomic E-state index is 13.8. The van der Waals surface area contributed by atoms with Crippen LogP contribution in [0.15, 0.2) is 72.0 Å². The summed E-state index contributed by atoms with van der Waals surface area (Å²) in [7, 11) is -3.83. The Balaban J connectivity index is 1.64. The monoisotopic (exact) mass is 490 g/mol. The first-order valence-corrected chi connectivity index (χ1v) is 13.3. The lowest BCUT2D eigenvalue weighted by Crippen LogP contribution is -2.11. The average Bonchev–Trinajstić information content (AvgIpc) is 3.59. The SMILES string of the molecule is Cc1sncc1-c1ccc(-c2cccnc2)c(CS(=O)(=O)c2cc(C(=O)O)ccc2C2CC2)c1. The molecule has 0 atom stereocenters. The van der Waals surface area contributed by atoms with Crippen LogP contribution >= 0.6 is 11.5 Å². The number of hydrogen-bond donors (Lipinski definition) is 1. The molecular weight excluding hydrogens is 468 g/mol. The Morgan fingerprint density at radius 2 is 1.88 bits per heavy atom. The highest BCUT2D eigenvalue weighted by Crippen LogP contribution is 2.44. The van der Waals surface area contributed by atoms with Crippen molar-refractivity contribution in [1.82, 2.24) is 9.36 Å². The first kappa shape index (κ1) is 22.4. The van der Waals surface area contributed by atoms with Crippen LogP contribution in [0, 0.1) is 6.92 Å². The molecule has 8 heteroatoms. The topological polar surface area (TPSA) is 97.2 Å². The van der Waals surface area contributed by atoms with Gasteiger partial charge in [-0.2, -0.15) is 0 Å². The van der Waals surface area contributed by atoms with Gasteiger partial charge in [0.15, 0.2) is 9.84 Å². The van der Waals surface area contributed by atoms with Crippen molar-refractivity contribution in [3.63, 3.8) is 0 Å². The minimum Gasteiger partial charge on any atom is -0.478 e. The standard InChI is InChI=1S/C26H22N2O4S2/c1-16-24(14-28-33-16)18-6-8-22(20-3-2-10-27-13-20)21(11-18)15-34(31,32)25-12-19(26(29)30)7-9-23(25)17-4-5-17/h2-3,6-14,17H,4-5,15H2,1H3,(H,29,30). The van der Waals surface area contributed by atoms with E-state index in [1.165, 1.54) is 23.7 Å². The molecule has 0 saturated heterocycles. The number of aromatic carboxylic acids is 1. The molecule has 2 heterocycles. The van der Waals surface area contributed by atoms with Gasteiger partial charge in [-0.3, -0.25) is 4.98 Å². The van der Waals surface area contributed by atoms with E-state index < -0.39 is 15.8 Å². The van der Waals surface area contributed by atoms with Crippen LogP contribution in [0.5, 0.6) is 0 Å². The van der Waals surface area contributed by atoms with E-state index in [0.29, 0.717) is 11.1 Å². The highest BCUT2D eigenvalue weighted by molar-refractivity contribution is 7.90. The predicted molar refractivity (Wildman–Crippen MR) is 132 cm³/mol. The zero-order valence-corrected chi connectivity index (χ0v) is 20.1. The molecular formula is C26H22N2O4S2. The number of aromatic nitrogens is 2. The molecule has 0 radical (unpaired) electrons. The molecule has 1 saturated carbocycles. The number of hydrogen-bond acceptors (Lipinski definition) is 6. The number of carbonyl (C=O) groups is 1. The summed E-state index contributed by atoms with van der Waals surface area (Å²) in [6.07, 6.45) is 7.00. The van der Waals surface area contributed by atoms with E-state index in [0.717, 1.165) is 40.0 Å². The van der Waals surface area contributed by atoms with Gasteiger partial charge in [-0.15, -0.1) is 0 Å². The second-order valence-corrected chi connectivity index (χ2v) is 11.5. The van der Waals surface area contributed by atoms with Crippen molar-refractivity contribution in [2.75, 3.05) is 0 Å². The molecule has 0 spiro atoms. The Labute approximate surface area is 202 Å². The van der Waals surface area contributed by atoms with Crippen molar-refractivity contribution in [2.45, 2.75) is 36.3 Å². The first-order chi connectivity index (χ1) is 16.3. The number of sulfone groups is 1. The average molecular weight is 491 g/mol. The molecule has 0 unspecified atom stereocenters. The lowest BCUT2D eigenvalue weighted by atomic mass is 9.97. The fraction of sp³-hybridized carbons (Fsp3) is 0.192. The molecule has 6 nitrogen and oxygen atoms in total. The number of pyridine rings is 1. The molecule has 2 aromatic carbocycles. The van der Waals surface area contributed by atoms with Gasteiger partial charge in [-0.25, -0.2) is 17.6 Å². The minimum absolute atomic E-state index is 0.0239. The van der Waals surface area contributed by atoms with Crippen molar-refractivity contribution in [3.8, 4) is 22.3 Å². The minimum atomic E-state index is -3.83. The summed E-state index contributed by atoms with van der Waals surface area (Å²) >= 11 is 1.40. The third-order valence-electron chi connectivity index (χ3n) is 6.10. The summed E-state index contributed by atoms with van der Waals surface area (Å²) in [5.74, 6) is -1.22. The van der Waals surface area contributed by atoms with E-state index in [-0.39, 0.29) is 22.1 Å². The molecule has 0 bridgehead atoms. The Kier molecular flexibility index (Phi) is 5.79. The smallest absolute Gasteiger partial charge is 0.335 e. The van der Waals surface area contributed by atoms with Crippen LogP contribution in [-0.2, 0) is 15.6 Å². The Morgan fingerprint density at radius 3 is 2.53 bits per heavy atom. The van der Waals surface area contributed by atoms with Crippen molar-refractivity contribution < 1.29 is 18.3 Å². The summed E-state index contributed by atoms with van der Waals surface area (Å²) in [6.45, 7) is 1.98. The number of carboxylic acids is 1. The van der Waals surface area contributed by atoms with Gasteiger partial charge in [0.25, 0.3) is 0 Å². The van der Waals surface area contributed by atoms with E-state index in [2.05, 4.69) is 9.36 Å². The highest BCUT2D eigenvalue weighted by atomic mass is 32.2. The normalized spacial score (nSPS) is 13.7. The maximum absolute atomic E-state index is 13.8. The van der Waals surface area contributed by atoms with E-state index in [1.54, 1.807) is 24.7 Å². The molecule has 1 aliphatic rings. The maximum Gasteiger partial charge on any atom is 0.335 e. The van der Waals surface area contributed by atoms with Crippen LogP contribution in [-0.4, -0.2) is 28.9 Å². The number of benzene rings is 2. The Bertz CT molecular complexity index is 1490. The quantitative estimate of drug-likeness (QED) is 0.355. The van der Waals surface area contributed by atoms with Gasteiger partial charge < -0.3 is 5.11 Å². The first-order valence-electron chi connectivity index (χ1n) is 10.9. The number of aryl methyl sites for hydroxylation is 1. The highest BCUT2D eigenvalue weighted by Gasteiger charge is 2.31. The van der Waals surface area contributed by atoms with Gasteiger partial charge in [0.2, 0.25) is 0 Å². The van der Waals surface area contributed by atoms with Crippen LogP contribution in [0.1, 0.15) is 45.1 Å². The number of rotatable bonds is 7. The Hall–Kier alpha value is -3.36. The molecule has 34 heavy (non-hydrogen) atoms. The van der Waals surface area contributed by atoms with Crippen molar-refractivity contribution in [2.24, 2.45) is 0 Å². The second kappa shape index (κ2) is 8.77. The largest absolute Gasteiger partial charge is 0.478 e. The molecule has 0 amide bonds. The van der Waals surface area contributed by atoms with Crippen molar-refractivity contribution in [3.05, 3.63) is 88.7 Å². The molecule has 5 rings (SSSR count). The van der Waals surface area contributed by atoms with Crippen LogP contribution < -0.4 is 0 Å². The van der Waals surface area contributed by atoms with Gasteiger partial charge in [-0.1, -0.05) is 24.3 Å². The van der Waals surface area contributed by atoms with E-state index in [4.69, 9.17) is 0 Å². The molecule has 2 aromatic heterocycles. The van der Waals surface area contributed by atoms with Gasteiger partial charge in [-0.05, 0) is 83.7 Å². The molecule has 1 aliphatic carbocycles. The Morgan fingerprint density at radius 1 is 1.06 bits per heavy atom. The van der Waals surface area contributed by atoms with E-state index in [9.17, 15) is 18.3 Å². The lowest BCUT2D eigenvalue weighted by Gasteiger charge is -2.15. The summed E-state index contributed by atoms with van der Waals surface area (Å²) < 4.78 is 31.8. The van der Waals surface area contributed by atoms with Crippen LogP contribution in [0.3, 0.4) is 0 Å². The zero-order chi connectivity index (χ0) is 23.9. The van der Waals surface area contributed by atoms with Gasteiger partial charge in [0, 0.05) is 34.6 Å².